The molecule has 0 bridgehead atoms. The molecule has 0 unspecified atom stereocenters. The number of benzene rings is 1. The van der Waals surface area contributed by atoms with Crippen molar-refractivity contribution in [2.45, 2.75) is 6.54 Å². The van der Waals surface area contributed by atoms with E-state index in [0.717, 1.165) is 17.8 Å². The third kappa shape index (κ3) is 2.74. The summed E-state index contributed by atoms with van der Waals surface area (Å²) in [5.41, 5.74) is 3.12. The predicted octanol–water partition coefficient (Wildman–Crippen LogP) is 1.87. The van der Waals surface area contributed by atoms with Gasteiger partial charge in [0.2, 0.25) is 5.82 Å². The van der Waals surface area contributed by atoms with E-state index in [4.69, 9.17) is 0 Å². The zero-order valence-electron chi connectivity index (χ0n) is 10.1. The lowest BCUT2D eigenvalue weighted by molar-refractivity contribution is 0.881. The van der Waals surface area contributed by atoms with Crippen LogP contribution in [0.3, 0.4) is 0 Å². The van der Waals surface area contributed by atoms with Gasteiger partial charge in [-0.3, -0.25) is 4.98 Å². The molecule has 2 aromatic heterocycles. The van der Waals surface area contributed by atoms with Gasteiger partial charge in [0.1, 0.15) is 0 Å². The van der Waals surface area contributed by atoms with Crippen molar-refractivity contribution in [3.63, 3.8) is 0 Å². The third-order valence-electron chi connectivity index (χ3n) is 2.71. The maximum Gasteiger partial charge on any atom is 0.204 e. The first kappa shape index (κ1) is 11.3. The van der Waals surface area contributed by atoms with Gasteiger partial charge in [0.05, 0.1) is 0 Å². The van der Waals surface area contributed by atoms with E-state index >= 15 is 0 Å². The van der Waals surface area contributed by atoms with E-state index in [2.05, 4.69) is 30.9 Å². The quantitative estimate of drug-likeness (QED) is 0.741. The Morgan fingerprint density at radius 2 is 2.00 bits per heavy atom. The van der Waals surface area contributed by atoms with E-state index in [0.29, 0.717) is 5.82 Å². The molecule has 94 valence electrons. The molecule has 0 amide bonds. The van der Waals surface area contributed by atoms with Crippen LogP contribution in [0.4, 0.5) is 5.69 Å². The van der Waals surface area contributed by atoms with E-state index < -0.39 is 0 Å². The van der Waals surface area contributed by atoms with Gasteiger partial charge in [0, 0.05) is 30.2 Å². The number of hydrogen-bond donors (Lipinski definition) is 2. The number of aromatic amines is 1. The second-order valence-electron chi connectivity index (χ2n) is 4.03. The largest absolute Gasteiger partial charge is 0.381 e. The van der Waals surface area contributed by atoms with Gasteiger partial charge in [0.25, 0.3) is 0 Å². The Labute approximate surface area is 109 Å². The number of anilines is 1. The number of aromatic nitrogens is 5. The van der Waals surface area contributed by atoms with Crippen molar-refractivity contribution in [2.24, 2.45) is 0 Å². The van der Waals surface area contributed by atoms with E-state index in [1.54, 1.807) is 12.4 Å². The lowest BCUT2D eigenvalue weighted by Gasteiger charge is -2.07. The molecule has 6 nitrogen and oxygen atoms in total. The highest BCUT2D eigenvalue weighted by Crippen LogP contribution is 2.18. The van der Waals surface area contributed by atoms with Crippen LogP contribution in [0.2, 0.25) is 0 Å². The number of hydrogen-bond acceptors (Lipinski definition) is 5. The Morgan fingerprint density at radius 3 is 2.79 bits per heavy atom. The first-order valence-corrected chi connectivity index (χ1v) is 5.88. The second kappa shape index (κ2) is 5.26. The lowest BCUT2D eigenvalue weighted by atomic mass is 10.2. The fraction of sp³-hybridized carbons (Fsp3) is 0.0769. The molecule has 6 heteroatoms. The molecule has 0 saturated heterocycles. The van der Waals surface area contributed by atoms with Crippen LogP contribution in [0, 0.1) is 0 Å². The third-order valence-corrected chi connectivity index (χ3v) is 2.71. The highest BCUT2D eigenvalue weighted by molar-refractivity contribution is 5.61. The maximum absolute atomic E-state index is 3.99. The predicted molar refractivity (Wildman–Crippen MR) is 71.2 cm³/mol. The minimum atomic E-state index is 0.590. The van der Waals surface area contributed by atoms with Crippen LogP contribution in [-0.4, -0.2) is 25.6 Å². The van der Waals surface area contributed by atoms with Crippen LogP contribution in [0.25, 0.3) is 11.4 Å². The summed E-state index contributed by atoms with van der Waals surface area (Å²) in [6.07, 6.45) is 3.57. The van der Waals surface area contributed by atoms with E-state index in [9.17, 15) is 0 Å². The summed E-state index contributed by atoms with van der Waals surface area (Å²) < 4.78 is 0. The molecule has 0 aliphatic carbocycles. The number of nitrogens with zero attached hydrogens (tertiary/aromatic N) is 4. The summed E-state index contributed by atoms with van der Waals surface area (Å²) in [4.78, 5) is 3.99. The first-order valence-electron chi connectivity index (χ1n) is 5.88. The molecule has 0 aliphatic heterocycles. The van der Waals surface area contributed by atoms with Crippen LogP contribution in [0.1, 0.15) is 5.56 Å². The smallest absolute Gasteiger partial charge is 0.204 e. The number of nitrogens with one attached hydrogen (secondary N) is 2. The molecule has 0 aliphatic rings. The van der Waals surface area contributed by atoms with Gasteiger partial charge >= 0.3 is 0 Å². The van der Waals surface area contributed by atoms with Crippen LogP contribution in [-0.2, 0) is 6.54 Å². The number of tetrazole rings is 1. The van der Waals surface area contributed by atoms with Crippen LogP contribution in [0.5, 0.6) is 0 Å². The van der Waals surface area contributed by atoms with Crippen molar-refractivity contribution < 1.29 is 0 Å². The van der Waals surface area contributed by atoms with Crippen molar-refractivity contribution in [2.75, 3.05) is 5.32 Å². The number of rotatable bonds is 4. The summed E-state index contributed by atoms with van der Waals surface area (Å²) in [5, 5.41) is 17.3. The van der Waals surface area contributed by atoms with Gasteiger partial charge in [0.15, 0.2) is 0 Å². The summed E-state index contributed by atoms with van der Waals surface area (Å²) in [6, 6.07) is 11.9. The molecule has 0 radical (unpaired) electrons. The van der Waals surface area contributed by atoms with E-state index in [1.807, 2.05) is 36.4 Å². The van der Waals surface area contributed by atoms with Crippen molar-refractivity contribution in [3.8, 4) is 11.4 Å². The first-order chi connectivity index (χ1) is 9.42. The minimum absolute atomic E-state index is 0.590. The van der Waals surface area contributed by atoms with Crippen molar-refractivity contribution >= 4 is 5.69 Å². The maximum atomic E-state index is 3.99. The summed E-state index contributed by atoms with van der Waals surface area (Å²) in [7, 11) is 0. The minimum Gasteiger partial charge on any atom is -0.381 e. The van der Waals surface area contributed by atoms with Gasteiger partial charge in [-0.15, -0.1) is 10.2 Å². The Hall–Kier alpha value is -2.76. The van der Waals surface area contributed by atoms with Crippen molar-refractivity contribution in [1.82, 2.24) is 25.6 Å². The molecular weight excluding hydrogens is 240 g/mol. The molecule has 2 heterocycles. The fourth-order valence-electron chi connectivity index (χ4n) is 1.76. The zero-order chi connectivity index (χ0) is 12.9. The van der Waals surface area contributed by atoms with Crippen LogP contribution < -0.4 is 5.32 Å². The average Bonchev–Trinajstić information content (AvgIpc) is 3.01. The molecule has 19 heavy (non-hydrogen) atoms. The van der Waals surface area contributed by atoms with Gasteiger partial charge in [-0.05, 0) is 35.0 Å². The Kier molecular flexibility index (Phi) is 3.14. The van der Waals surface area contributed by atoms with Gasteiger partial charge in [-0.1, -0.05) is 12.1 Å². The molecule has 0 fully saturated rings. The standard InChI is InChI=1S/C13H12N6/c1-2-11(13-16-18-19-17-13)8-12(3-1)15-9-10-4-6-14-7-5-10/h1-8,15H,9H2,(H,16,17,18,19). The molecule has 3 aromatic rings. The Balaban J connectivity index is 1.74. The lowest BCUT2D eigenvalue weighted by Crippen LogP contribution is -1.99. The monoisotopic (exact) mass is 252 g/mol. The molecular formula is C13H12N6. The van der Waals surface area contributed by atoms with E-state index in [1.165, 1.54) is 5.56 Å². The highest BCUT2D eigenvalue weighted by atomic mass is 15.5. The van der Waals surface area contributed by atoms with Gasteiger partial charge in [-0.25, -0.2) is 0 Å². The number of H-pyrrole nitrogens is 1. The van der Waals surface area contributed by atoms with Crippen molar-refractivity contribution in [3.05, 3.63) is 54.4 Å². The average molecular weight is 252 g/mol. The molecule has 0 spiro atoms. The van der Waals surface area contributed by atoms with Crippen LogP contribution in [0.15, 0.2) is 48.8 Å². The van der Waals surface area contributed by atoms with Crippen molar-refractivity contribution in [1.29, 1.82) is 0 Å². The van der Waals surface area contributed by atoms with Gasteiger partial charge < -0.3 is 5.32 Å². The molecule has 2 N–H and O–H groups in total. The second-order valence-corrected chi connectivity index (χ2v) is 4.03. The highest BCUT2D eigenvalue weighted by Gasteiger charge is 2.03. The number of pyridine rings is 1. The summed E-state index contributed by atoms with van der Waals surface area (Å²) in [6.45, 7) is 0.748. The van der Waals surface area contributed by atoms with E-state index in [-0.39, 0.29) is 0 Å². The zero-order valence-corrected chi connectivity index (χ0v) is 10.1. The Bertz CT molecular complexity index is 635. The molecule has 1 aromatic carbocycles. The summed E-state index contributed by atoms with van der Waals surface area (Å²) in [5.74, 6) is 0.590. The summed E-state index contributed by atoms with van der Waals surface area (Å²) >= 11 is 0. The fourth-order valence-corrected chi connectivity index (χ4v) is 1.76. The molecule has 0 saturated carbocycles. The normalized spacial score (nSPS) is 10.3. The SMILES string of the molecule is c1cc(NCc2ccncc2)cc(-c2nn[nH]n2)c1. The molecule has 0 atom stereocenters. The molecule has 3 rings (SSSR count). The van der Waals surface area contributed by atoms with Gasteiger partial charge in [-0.2, -0.15) is 5.21 Å². The van der Waals surface area contributed by atoms with Crippen LogP contribution >= 0.6 is 0 Å². The Morgan fingerprint density at radius 1 is 1.11 bits per heavy atom. The topological polar surface area (TPSA) is 79.4 Å².